The Balaban J connectivity index is 1.60. The van der Waals surface area contributed by atoms with Gasteiger partial charge < -0.3 is 14.2 Å². The van der Waals surface area contributed by atoms with Crippen LogP contribution >= 0.6 is 0 Å². The fraction of sp³-hybridized carbons (Fsp3) is 0.875. The summed E-state index contributed by atoms with van der Waals surface area (Å²) >= 11 is 0. The Labute approximate surface area is 125 Å². The van der Waals surface area contributed by atoms with Crippen LogP contribution in [-0.2, 0) is 23.8 Å². The van der Waals surface area contributed by atoms with Gasteiger partial charge in [-0.05, 0) is 32.1 Å². The molecule has 0 spiro atoms. The van der Waals surface area contributed by atoms with Crippen molar-refractivity contribution in [2.24, 2.45) is 5.92 Å². The van der Waals surface area contributed by atoms with E-state index in [9.17, 15) is 9.59 Å². The smallest absolute Gasteiger partial charge is 0.308 e. The quantitative estimate of drug-likeness (QED) is 0.746. The normalized spacial score (nSPS) is 39.3. The molecule has 3 aliphatic rings. The van der Waals surface area contributed by atoms with Crippen LogP contribution < -0.4 is 0 Å². The van der Waals surface area contributed by atoms with Gasteiger partial charge in [0.15, 0.2) is 5.78 Å². The van der Waals surface area contributed by atoms with Gasteiger partial charge in [0, 0.05) is 6.42 Å². The lowest BCUT2D eigenvalue weighted by Crippen LogP contribution is -2.53. The maximum atomic E-state index is 12.1. The molecule has 2 saturated heterocycles. The molecule has 0 aromatic carbocycles. The highest BCUT2D eigenvalue weighted by atomic mass is 16.6. The molecule has 1 aliphatic carbocycles. The number of hydrogen-bond donors (Lipinski definition) is 0. The van der Waals surface area contributed by atoms with Crippen molar-refractivity contribution in [2.75, 3.05) is 6.61 Å². The molecule has 3 fully saturated rings. The Bertz CT molecular complexity index is 407. The van der Waals surface area contributed by atoms with E-state index in [1.165, 1.54) is 19.3 Å². The summed E-state index contributed by atoms with van der Waals surface area (Å²) in [5.74, 6) is 0.163. The topological polar surface area (TPSA) is 61.8 Å². The number of rotatable bonds is 3. The van der Waals surface area contributed by atoms with Gasteiger partial charge in [0.2, 0.25) is 0 Å². The predicted molar refractivity (Wildman–Crippen MR) is 74.8 cm³/mol. The van der Waals surface area contributed by atoms with E-state index >= 15 is 0 Å². The summed E-state index contributed by atoms with van der Waals surface area (Å²) in [5, 5.41) is 0. The Morgan fingerprint density at radius 3 is 2.81 bits per heavy atom. The first kappa shape index (κ1) is 15.0. The zero-order valence-electron chi connectivity index (χ0n) is 12.6. The standard InChI is InChI=1S/C16H24O5/c1-2-19-16(18)9-13-11(17)8-15-14(21-13)7-10-5-3-4-6-12(10)20-15/h10,12-15H,2-9H2,1H3/t10-,12+,13-,14+,15-/m0/s1. The highest BCUT2D eigenvalue weighted by molar-refractivity contribution is 5.88. The van der Waals surface area contributed by atoms with Gasteiger partial charge in [0.05, 0.1) is 31.3 Å². The molecule has 0 aromatic heterocycles. The molecule has 5 nitrogen and oxygen atoms in total. The third kappa shape index (κ3) is 3.29. The SMILES string of the molecule is CCOC(=O)C[C@@H]1O[C@@H]2C[C@@H]3CCCC[C@H]3O[C@H]2CC1=O. The molecule has 2 heterocycles. The lowest BCUT2D eigenvalue weighted by molar-refractivity contribution is -0.211. The van der Waals surface area contributed by atoms with Crippen LogP contribution in [0.25, 0.3) is 0 Å². The molecule has 5 atom stereocenters. The molecule has 5 heteroatoms. The van der Waals surface area contributed by atoms with Crippen molar-refractivity contribution in [1.29, 1.82) is 0 Å². The van der Waals surface area contributed by atoms with Gasteiger partial charge in [0.25, 0.3) is 0 Å². The van der Waals surface area contributed by atoms with Crippen LogP contribution in [0.15, 0.2) is 0 Å². The average Bonchev–Trinajstić information content (AvgIpc) is 2.46. The number of Topliss-reactive ketones (excluding diaryl/α,β-unsaturated/α-hetero) is 1. The zero-order chi connectivity index (χ0) is 14.8. The molecule has 0 amide bonds. The predicted octanol–water partition coefficient (Wildman–Crippen LogP) is 2.01. The minimum Gasteiger partial charge on any atom is -0.466 e. The molecule has 0 N–H and O–H groups in total. The molecular formula is C16H24O5. The van der Waals surface area contributed by atoms with Gasteiger partial charge in [-0.25, -0.2) is 0 Å². The van der Waals surface area contributed by atoms with Crippen molar-refractivity contribution in [3.8, 4) is 0 Å². The van der Waals surface area contributed by atoms with Crippen LogP contribution in [0.1, 0.15) is 51.9 Å². The second-order valence-electron chi connectivity index (χ2n) is 6.34. The summed E-state index contributed by atoms with van der Waals surface area (Å²) < 4.78 is 16.9. The molecule has 0 aromatic rings. The third-order valence-electron chi connectivity index (χ3n) is 4.90. The maximum absolute atomic E-state index is 12.1. The van der Waals surface area contributed by atoms with Gasteiger partial charge in [-0.3, -0.25) is 9.59 Å². The van der Waals surface area contributed by atoms with Crippen molar-refractivity contribution in [1.82, 2.24) is 0 Å². The van der Waals surface area contributed by atoms with E-state index in [1.54, 1.807) is 6.92 Å². The van der Waals surface area contributed by atoms with Gasteiger partial charge in [-0.15, -0.1) is 0 Å². The summed E-state index contributed by atoms with van der Waals surface area (Å²) in [5.41, 5.74) is 0. The lowest BCUT2D eigenvalue weighted by Gasteiger charge is -2.46. The van der Waals surface area contributed by atoms with Crippen molar-refractivity contribution >= 4 is 11.8 Å². The molecule has 21 heavy (non-hydrogen) atoms. The first-order valence-electron chi connectivity index (χ1n) is 8.16. The van der Waals surface area contributed by atoms with E-state index in [-0.39, 0.29) is 30.4 Å². The third-order valence-corrected chi connectivity index (χ3v) is 4.90. The second-order valence-corrected chi connectivity index (χ2v) is 6.34. The minimum atomic E-state index is -0.644. The number of carbonyl (C=O) groups is 2. The van der Waals surface area contributed by atoms with Gasteiger partial charge in [0.1, 0.15) is 6.10 Å². The molecule has 0 unspecified atom stereocenters. The summed E-state index contributed by atoms with van der Waals surface area (Å²) in [7, 11) is 0. The van der Waals surface area contributed by atoms with E-state index in [1.807, 2.05) is 0 Å². The highest BCUT2D eigenvalue weighted by Gasteiger charge is 2.45. The summed E-state index contributed by atoms with van der Waals surface area (Å²) in [6.45, 7) is 2.09. The fourth-order valence-electron chi connectivity index (χ4n) is 3.86. The number of ether oxygens (including phenoxy) is 3. The first-order valence-corrected chi connectivity index (χ1v) is 8.16. The fourth-order valence-corrected chi connectivity index (χ4v) is 3.86. The van der Waals surface area contributed by atoms with Crippen LogP contribution in [-0.4, -0.2) is 42.8 Å². The Kier molecular flexibility index (Phi) is 4.60. The van der Waals surface area contributed by atoms with E-state index in [0.29, 0.717) is 25.0 Å². The maximum Gasteiger partial charge on any atom is 0.308 e. The van der Waals surface area contributed by atoms with Crippen LogP contribution in [0, 0.1) is 5.92 Å². The molecule has 2 aliphatic heterocycles. The molecule has 3 rings (SSSR count). The van der Waals surface area contributed by atoms with Crippen molar-refractivity contribution in [3.63, 3.8) is 0 Å². The molecule has 0 bridgehead atoms. The molecule has 0 radical (unpaired) electrons. The van der Waals surface area contributed by atoms with Crippen LogP contribution in [0.4, 0.5) is 0 Å². The average molecular weight is 296 g/mol. The number of esters is 1. The Morgan fingerprint density at radius 2 is 2.00 bits per heavy atom. The Morgan fingerprint density at radius 1 is 1.19 bits per heavy atom. The van der Waals surface area contributed by atoms with Crippen LogP contribution in [0.3, 0.4) is 0 Å². The van der Waals surface area contributed by atoms with Crippen LogP contribution in [0.5, 0.6) is 0 Å². The summed E-state index contributed by atoms with van der Waals surface area (Å²) in [6.07, 6.45) is 5.64. The monoisotopic (exact) mass is 296 g/mol. The van der Waals surface area contributed by atoms with E-state index in [2.05, 4.69) is 0 Å². The second kappa shape index (κ2) is 6.44. The van der Waals surface area contributed by atoms with Gasteiger partial charge >= 0.3 is 5.97 Å². The Hall–Kier alpha value is -0.940. The van der Waals surface area contributed by atoms with Crippen molar-refractivity contribution in [2.45, 2.75) is 76.3 Å². The van der Waals surface area contributed by atoms with Gasteiger partial charge in [-0.2, -0.15) is 0 Å². The molecule has 1 saturated carbocycles. The van der Waals surface area contributed by atoms with Crippen molar-refractivity contribution in [3.05, 3.63) is 0 Å². The number of ketones is 1. The largest absolute Gasteiger partial charge is 0.466 e. The highest BCUT2D eigenvalue weighted by Crippen LogP contribution is 2.40. The minimum absolute atomic E-state index is 0.0291. The van der Waals surface area contributed by atoms with E-state index in [4.69, 9.17) is 14.2 Å². The lowest BCUT2D eigenvalue weighted by atomic mass is 9.78. The molecule has 118 valence electrons. The number of carbonyl (C=O) groups excluding carboxylic acids is 2. The summed E-state index contributed by atoms with van der Waals surface area (Å²) in [4.78, 5) is 23.7. The summed E-state index contributed by atoms with van der Waals surface area (Å²) in [6, 6.07) is 0. The first-order chi connectivity index (χ1) is 10.2. The number of hydrogen-bond acceptors (Lipinski definition) is 5. The van der Waals surface area contributed by atoms with E-state index < -0.39 is 6.10 Å². The van der Waals surface area contributed by atoms with Crippen LogP contribution in [0.2, 0.25) is 0 Å². The number of fused-ring (bicyclic) bond motifs is 2. The van der Waals surface area contributed by atoms with Gasteiger partial charge in [-0.1, -0.05) is 12.8 Å². The molecular weight excluding hydrogens is 272 g/mol. The van der Waals surface area contributed by atoms with E-state index in [0.717, 1.165) is 12.8 Å². The van der Waals surface area contributed by atoms with Crippen molar-refractivity contribution < 1.29 is 23.8 Å². The zero-order valence-corrected chi connectivity index (χ0v) is 12.6.